The Bertz CT molecular complexity index is 770. The molecule has 2 aliphatic rings. The first-order chi connectivity index (χ1) is 10.4. The van der Waals surface area contributed by atoms with Gasteiger partial charge in [0, 0.05) is 5.56 Å². The Morgan fingerprint density at radius 2 is 1.73 bits per heavy atom. The van der Waals surface area contributed by atoms with Gasteiger partial charge in [-0.3, -0.25) is 0 Å². The van der Waals surface area contributed by atoms with Crippen LogP contribution in [0, 0.1) is 0 Å². The number of hydrogen-bond donors (Lipinski definition) is 0. The largest absolute Gasteiger partial charge is 0.446 e. The number of benzene rings is 1. The van der Waals surface area contributed by atoms with Crippen molar-refractivity contribution in [2.75, 3.05) is 14.1 Å². The molecule has 2 aliphatic heterocycles. The molecule has 0 radical (unpaired) electrons. The smallest absolute Gasteiger partial charge is 0.248 e. The normalized spacial score (nSPS) is 18.0. The van der Waals surface area contributed by atoms with Gasteiger partial charge in [-0.25, -0.2) is 9.59 Å². The molecule has 112 valence electrons. The van der Waals surface area contributed by atoms with E-state index in [2.05, 4.69) is 23.8 Å². The van der Waals surface area contributed by atoms with Gasteiger partial charge in [0.1, 0.15) is 0 Å². The molecule has 3 rings (SSSR count). The van der Waals surface area contributed by atoms with Gasteiger partial charge in [-0.2, -0.15) is 14.5 Å². The molecule has 22 heavy (non-hydrogen) atoms. The Balaban J connectivity index is 2.03. The lowest BCUT2D eigenvalue weighted by molar-refractivity contribution is -0.401. The van der Waals surface area contributed by atoms with Crippen molar-refractivity contribution < 1.29 is 14.2 Å². The number of amidine groups is 2. The van der Waals surface area contributed by atoms with Crippen LogP contribution in [-0.2, 0) is 4.79 Å². The number of hydrogen-bond acceptors (Lipinski definition) is 4. The van der Waals surface area contributed by atoms with Crippen LogP contribution in [-0.4, -0.2) is 52.9 Å². The van der Waals surface area contributed by atoms with E-state index in [0.717, 1.165) is 10.5 Å². The van der Waals surface area contributed by atoms with Crippen molar-refractivity contribution in [3.05, 3.63) is 35.4 Å². The van der Waals surface area contributed by atoms with E-state index in [-0.39, 0.29) is 5.71 Å². The molecule has 0 spiro atoms. The van der Waals surface area contributed by atoms with Crippen molar-refractivity contribution in [1.29, 1.82) is 0 Å². The molecule has 0 N–H and O–H groups in total. The minimum absolute atomic E-state index is 0.215. The molecule has 0 unspecified atom stereocenters. The third kappa shape index (κ3) is 2.07. The van der Waals surface area contributed by atoms with Crippen molar-refractivity contribution >= 4 is 29.3 Å². The van der Waals surface area contributed by atoms with Crippen LogP contribution >= 0.6 is 0 Å². The molecular weight excluding hydrogens is 280 g/mol. The maximum atomic E-state index is 12.1. The summed E-state index contributed by atoms with van der Waals surface area (Å²) in [4.78, 5) is 33.8. The first-order valence-corrected chi connectivity index (χ1v) is 7.11. The molecule has 3 amide bonds. The van der Waals surface area contributed by atoms with Gasteiger partial charge in [-0.1, -0.05) is 31.0 Å². The fourth-order valence-corrected chi connectivity index (χ4v) is 2.42. The number of rotatable bonds is 2. The van der Waals surface area contributed by atoms with E-state index in [1.165, 1.54) is 17.2 Å². The number of amides is 3. The van der Waals surface area contributed by atoms with Crippen molar-refractivity contribution in [2.45, 2.75) is 19.8 Å². The Morgan fingerprint density at radius 1 is 1.09 bits per heavy atom. The lowest BCUT2D eigenvalue weighted by Crippen LogP contribution is -2.51. The molecule has 0 saturated carbocycles. The zero-order chi connectivity index (χ0) is 16.0. The van der Waals surface area contributed by atoms with Crippen molar-refractivity contribution in [3.8, 4) is 0 Å². The summed E-state index contributed by atoms with van der Waals surface area (Å²) in [5.74, 6) is 0.803. The molecule has 6 heteroatoms. The first kappa shape index (κ1) is 14.3. The Hall–Kier alpha value is -2.63. The predicted octanol–water partition coefficient (Wildman–Crippen LogP) is 1.64. The second-order valence-electron chi connectivity index (χ2n) is 5.70. The number of fused-ring (bicyclic) bond motifs is 1. The number of aliphatic imine (C=N–C) groups is 2. The highest BCUT2D eigenvalue weighted by Gasteiger charge is 2.44. The highest BCUT2D eigenvalue weighted by molar-refractivity contribution is 6.70. The number of carbonyl (C=O) groups excluding carboxylic acids is 2. The molecule has 0 aromatic heterocycles. The van der Waals surface area contributed by atoms with E-state index in [9.17, 15) is 9.59 Å². The Morgan fingerprint density at radius 3 is 2.32 bits per heavy atom. The maximum Gasteiger partial charge on any atom is 0.446 e. The molecule has 1 aromatic rings. The van der Waals surface area contributed by atoms with Gasteiger partial charge < -0.3 is 0 Å². The van der Waals surface area contributed by atoms with Gasteiger partial charge in [0.2, 0.25) is 11.5 Å². The minimum atomic E-state index is -0.421. The fraction of sp³-hybridized carbons (Fsp3) is 0.312. The monoisotopic (exact) mass is 297 g/mol. The second-order valence-corrected chi connectivity index (χ2v) is 5.70. The summed E-state index contributed by atoms with van der Waals surface area (Å²) in [6.45, 7) is 4.25. The lowest BCUT2D eigenvalue weighted by atomic mass is 10.0. The van der Waals surface area contributed by atoms with Gasteiger partial charge in [0.15, 0.2) is 0 Å². The van der Waals surface area contributed by atoms with E-state index >= 15 is 0 Å². The Kier molecular flexibility index (Phi) is 3.24. The molecule has 1 aromatic carbocycles. The van der Waals surface area contributed by atoms with Crippen LogP contribution < -0.4 is 0 Å². The van der Waals surface area contributed by atoms with Gasteiger partial charge in [-0.15, -0.1) is 0 Å². The molecule has 6 nitrogen and oxygen atoms in total. The van der Waals surface area contributed by atoms with Crippen LogP contribution in [0.4, 0.5) is 4.79 Å². The van der Waals surface area contributed by atoms with Crippen molar-refractivity contribution in [1.82, 2.24) is 4.90 Å². The third-order valence-corrected chi connectivity index (χ3v) is 3.88. The van der Waals surface area contributed by atoms with Crippen LogP contribution in [0.15, 0.2) is 34.3 Å². The second kappa shape index (κ2) is 4.98. The van der Waals surface area contributed by atoms with Crippen LogP contribution in [0.1, 0.15) is 30.9 Å². The zero-order valence-corrected chi connectivity index (χ0v) is 13.0. The van der Waals surface area contributed by atoms with Crippen LogP contribution in [0.25, 0.3) is 0 Å². The number of carbonyl (C=O) groups is 2. The highest BCUT2D eigenvalue weighted by Crippen LogP contribution is 2.18. The van der Waals surface area contributed by atoms with Gasteiger partial charge in [0.25, 0.3) is 0 Å². The molecule has 2 heterocycles. The SMILES string of the molecule is CC(C)c1ccc(C2=NC3=[N+](C)C(=O)N(C)C(=O)C3=N2)cc1. The summed E-state index contributed by atoms with van der Waals surface area (Å²) in [5, 5.41) is 0. The lowest BCUT2D eigenvalue weighted by Gasteiger charge is -2.15. The van der Waals surface area contributed by atoms with Crippen molar-refractivity contribution in [2.24, 2.45) is 9.98 Å². The van der Waals surface area contributed by atoms with E-state index in [0.29, 0.717) is 17.6 Å². The zero-order valence-electron chi connectivity index (χ0n) is 13.0. The summed E-state index contributed by atoms with van der Waals surface area (Å²) in [6.07, 6.45) is 0. The number of imide groups is 1. The maximum absolute atomic E-state index is 12.1. The average Bonchev–Trinajstić information content (AvgIpc) is 2.96. The molecule has 0 saturated heterocycles. The standard InChI is InChI=1S/C16H17N4O2/c1-9(2)10-5-7-11(8-6-10)13-17-12-14(18-13)19(3)16(22)20(4)15(12)21/h5-9H,1-4H3/q+1. The molecule has 0 fully saturated rings. The van der Waals surface area contributed by atoms with E-state index in [1.54, 1.807) is 7.05 Å². The molecule has 0 aliphatic carbocycles. The third-order valence-electron chi connectivity index (χ3n) is 3.88. The topological polar surface area (TPSA) is 65.1 Å². The van der Waals surface area contributed by atoms with Crippen molar-refractivity contribution in [3.63, 3.8) is 0 Å². The first-order valence-electron chi connectivity index (χ1n) is 7.11. The quantitative estimate of drug-likeness (QED) is 0.779. The van der Waals surface area contributed by atoms with Gasteiger partial charge in [0.05, 0.1) is 14.1 Å². The highest BCUT2D eigenvalue weighted by atomic mass is 16.2. The van der Waals surface area contributed by atoms with Gasteiger partial charge in [-0.05, 0) is 23.6 Å². The number of nitrogens with zero attached hydrogens (tertiary/aromatic N) is 4. The molecular formula is C16H17N4O2+. The summed E-state index contributed by atoms with van der Waals surface area (Å²) in [5.41, 5.74) is 2.27. The van der Waals surface area contributed by atoms with Crippen LogP contribution in [0.2, 0.25) is 0 Å². The van der Waals surface area contributed by atoms with Crippen LogP contribution in [0.5, 0.6) is 0 Å². The summed E-state index contributed by atoms with van der Waals surface area (Å²) in [7, 11) is 3.03. The predicted molar refractivity (Wildman–Crippen MR) is 83.9 cm³/mol. The fourth-order valence-electron chi connectivity index (χ4n) is 2.42. The molecule has 0 atom stereocenters. The molecule has 0 bridgehead atoms. The van der Waals surface area contributed by atoms with E-state index < -0.39 is 11.9 Å². The summed E-state index contributed by atoms with van der Waals surface area (Å²) >= 11 is 0. The number of urea groups is 1. The minimum Gasteiger partial charge on any atom is -0.248 e. The average molecular weight is 297 g/mol. The van der Waals surface area contributed by atoms with E-state index in [1.807, 2.05) is 24.3 Å². The van der Waals surface area contributed by atoms with Gasteiger partial charge >= 0.3 is 17.8 Å². The van der Waals surface area contributed by atoms with Crippen LogP contribution in [0.3, 0.4) is 0 Å². The Labute approximate surface area is 128 Å². The summed E-state index contributed by atoms with van der Waals surface area (Å²) < 4.78 is 1.34. The van der Waals surface area contributed by atoms with E-state index in [4.69, 9.17) is 0 Å². The summed E-state index contributed by atoms with van der Waals surface area (Å²) in [6, 6.07) is 7.52.